The second-order valence-electron chi connectivity index (χ2n) is 12.9. The van der Waals surface area contributed by atoms with Gasteiger partial charge in [-0.3, -0.25) is 0 Å². The fourth-order valence-electron chi connectivity index (χ4n) is 7.22. The molecule has 0 saturated heterocycles. The normalized spacial score (nSPS) is 21.1. The summed E-state index contributed by atoms with van der Waals surface area (Å²) in [5.74, 6) is -0.967. The fraction of sp³-hybridized carbons (Fsp3) is 0.500. The number of hydrogen-bond acceptors (Lipinski definition) is 4. The molecule has 2 atom stereocenters. The van der Waals surface area contributed by atoms with E-state index in [0.717, 1.165) is 12.1 Å². The van der Waals surface area contributed by atoms with Gasteiger partial charge in [-0.25, -0.2) is 0 Å². The second-order valence-corrected chi connectivity index (χ2v) is 40.1. The molecule has 2 aromatic carbocycles. The molecule has 0 radical (unpaired) electrons. The number of fused-ring (bicyclic) bond motifs is 2. The van der Waals surface area contributed by atoms with Gasteiger partial charge in [0.1, 0.15) is 0 Å². The van der Waals surface area contributed by atoms with E-state index in [9.17, 15) is 0 Å². The van der Waals surface area contributed by atoms with Crippen molar-refractivity contribution in [1.82, 2.24) is 0 Å². The summed E-state index contributed by atoms with van der Waals surface area (Å²) >= 11 is -2.62. The van der Waals surface area contributed by atoms with Crippen molar-refractivity contribution in [3.05, 3.63) is 81.9 Å². The van der Waals surface area contributed by atoms with Crippen molar-refractivity contribution >= 4 is 74.2 Å². The Hall–Kier alpha value is 0.308. The molecule has 2 unspecified atom stereocenters. The quantitative estimate of drug-likeness (QED) is 0.139. The average molecular weight is 802 g/mol. The van der Waals surface area contributed by atoms with Gasteiger partial charge in [-0.15, -0.1) is 0 Å². The van der Waals surface area contributed by atoms with Crippen LogP contribution in [0.15, 0.2) is 59.7 Å². The molecule has 0 spiro atoms. The topological polar surface area (TPSA) is 36.9 Å². The van der Waals surface area contributed by atoms with Crippen molar-refractivity contribution in [2.45, 2.75) is 90.4 Å². The number of benzene rings is 2. The Labute approximate surface area is 291 Å². The van der Waals surface area contributed by atoms with Crippen molar-refractivity contribution in [2.75, 3.05) is 0 Å². The predicted molar refractivity (Wildman–Crippen MR) is 200 cm³/mol. The summed E-state index contributed by atoms with van der Waals surface area (Å²) in [6, 6.07) is 20.0. The van der Waals surface area contributed by atoms with Crippen LogP contribution in [0.5, 0.6) is 0 Å². The van der Waals surface area contributed by atoms with Gasteiger partial charge in [-0.05, 0) is 0 Å². The van der Waals surface area contributed by atoms with E-state index in [1.54, 1.807) is 0 Å². The Morgan fingerprint density at radius 1 is 0.659 bits per heavy atom. The maximum absolute atomic E-state index is 7.21. The van der Waals surface area contributed by atoms with E-state index in [0.29, 0.717) is 11.8 Å². The number of hydrogen-bond donors (Lipinski definition) is 0. The maximum atomic E-state index is 7.21. The number of halogens is 2. The van der Waals surface area contributed by atoms with Crippen LogP contribution in [0.3, 0.4) is 0 Å². The van der Waals surface area contributed by atoms with Crippen molar-refractivity contribution in [2.24, 2.45) is 10.8 Å². The first-order chi connectivity index (χ1) is 21.0. The van der Waals surface area contributed by atoms with Gasteiger partial charge in [-0.1, -0.05) is 0 Å². The van der Waals surface area contributed by atoms with Crippen LogP contribution in [0.1, 0.15) is 61.8 Å². The molecule has 2 aromatic rings. The molecular formula is C32H51Cl2O4Si5Zr. The van der Waals surface area contributed by atoms with Crippen LogP contribution in [0.25, 0.3) is 12.2 Å². The molecule has 4 nitrogen and oxygen atoms in total. The zero-order valence-corrected chi connectivity index (χ0v) is 38.6. The average Bonchev–Trinajstić information content (AvgIpc) is 3.56. The van der Waals surface area contributed by atoms with E-state index in [1.807, 2.05) is 0 Å². The summed E-state index contributed by atoms with van der Waals surface area (Å²) in [4.78, 5) is 0. The minimum absolute atomic E-state index is 0.192. The van der Waals surface area contributed by atoms with E-state index in [-0.39, 0.29) is 23.4 Å². The van der Waals surface area contributed by atoms with Gasteiger partial charge in [0.05, 0.1) is 0 Å². The molecule has 12 heteroatoms. The Kier molecular flexibility index (Phi) is 14.0. The van der Waals surface area contributed by atoms with Gasteiger partial charge < -0.3 is 0 Å². The summed E-state index contributed by atoms with van der Waals surface area (Å²) in [5.41, 5.74) is 7.85. The third-order valence-electron chi connectivity index (χ3n) is 9.40. The van der Waals surface area contributed by atoms with Crippen LogP contribution < -0.4 is 0 Å². The van der Waals surface area contributed by atoms with Crippen LogP contribution in [0, 0.1) is 10.8 Å². The van der Waals surface area contributed by atoms with Crippen LogP contribution >= 0.6 is 17.0 Å². The Bertz CT molecular complexity index is 1220. The monoisotopic (exact) mass is 799 g/mol. The van der Waals surface area contributed by atoms with E-state index in [4.69, 9.17) is 34.7 Å². The molecule has 0 saturated carbocycles. The Morgan fingerprint density at radius 2 is 1.00 bits per heavy atom. The molecule has 0 fully saturated rings. The number of rotatable bonds is 17. The van der Waals surface area contributed by atoms with Crippen LogP contribution in [-0.4, -0.2) is 57.6 Å². The summed E-state index contributed by atoms with van der Waals surface area (Å²) in [5, 5.41) is 0. The molecule has 44 heavy (non-hydrogen) atoms. The van der Waals surface area contributed by atoms with Crippen molar-refractivity contribution < 1.29 is 36.2 Å². The van der Waals surface area contributed by atoms with Crippen molar-refractivity contribution in [3.63, 3.8) is 0 Å². The molecule has 241 valence electrons. The second kappa shape index (κ2) is 16.6. The van der Waals surface area contributed by atoms with Gasteiger partial charge in [0.15, 0.2) is 0 Å². The van der Waals surface area contributed by atoms with Crippen LogP contribution in [-0.2, 0) is 36.2 Å². The third kappa shape index (κ3) is 8.12. The van der Waals surface area contributed by atoms with E-state index in [2.05, 4.69) is 115 Å². The standard InChI is InChI=1S/C32H51O4Si5.2ClH.Zr/c1-31(2,29(33-37-5)34-38-6)27-17-21-13-9-11-15-23(21)25(27)19-41-20-26-24-16-12-10-14-22(24)18-28(26)32(3,4)30(35-39-7)36-40-8;;;/h9-18,25-26,29-30,41H,19-20,37-40H2,1-8H3;2*1H;/q;;;+2/p-2. The molecule has 4 rings (SSSR count). The Balaban J connectivity index is 1.71. The van der Waals surface area contributed by atoms with Gasteiger partial charge in [-0.2, -0.15) is 0 Å². The summed E-state index contributed by atoms with van der Waals surface area (Å²) in [7, 11) is 11.9. The predicted octanol–water partition coefficient (Wildman–Crippen LogP) is 6.30. The third-order valence-corrected chi connectivity index (χ3v) is 33.6. The van der Waals surface area contributed by atoms with Gasteiger partial charge in [0.25, 0.3) is 0 Å². The van der Waals surface area contributed by atoms with Crippen molar-refractivity contribution in [3.8, 4) is 0 Å². The van der Waals surface area contributed by atoms with Gasteiger partial charge in [0, 0.05) is 0 Å². The molecule has 0 N–H and O–H groups in total. The molecule has 2 aliphatic rings. The molecule has 0 heterocycles. The summed E-state index contributed by atoms with van der Waals surface area (Å²) in [6.07, 6.45) is 4.46. The summed E-state index contributed by atoms with van der Waals surface area (Å²) < 4.78 is 25.5. The van der Waals surface area contributed by atoms with E-state index < -0.39 is 63.5 Å². The van der Waals surface area contributed by atoms with Gasteiger partial charge in [0.2, 0.25) is 0 Å². The molecule has 0 aromatic heterocycles. The molecule has 0 bridgehead atoms. The fourth-order valence-corrected chi connectivity index (χ4v) is 26.0. The van der Waals surface area contributed by atoms with Crippen molar-refractivity contribution in [1.29, 1.82) is 0 Å². The SMILES string of the molecule is C[SiH2]OC(O[SiH2]C)C(C)(C)C1=Cc2ccccc2C1C[SiH](CC1C(C(C)(C)C(O[SiH2]C)O[SiH2]C)=Cc2ccccc21)[Zr]([Cl])[Cl]. The van der Waals surface area contributed by atoms with Crippen LogP contribution in [0.4, 0.5) is 0 Å². The molecule has 0 amide bonds. The molecular weight excluding hydrogens is 751 g/mol. The first-order valence-electron chi connectivity index (χ1n) is 16.3. The van der Waals surface area contributed by atoms with Crippen LogP contribution in [0.2, 0.25) is 38.3 Å². The summed E-state index contributed by atoms with van der Waals surface area (Å²) in [6.45, 7) is 18.0. The zero-order chi connectivity index (χ0) is 32.1. The molecule has 2 aliphatic carbocycles. The van der Waals surface area contributed by atoms with E-state index in [1.165, 1.54) is 33.4 Å². The van der Waals surface area contributed by atoms with E-state index >= 15 is 0 Å². The van der Waals surface area contributed by atoms with Gasteiger partial charge >= 0.3 is 294 Å². The minimum atomic E-state index is -2.62. The Morgan fingerprint density at radius 3 is 1.32 bits per heavy atom. The zero-order valence-electron chi connectivity index (χ0n) is 27.8. The first-order valence-corrected chi connectivity index (χ1v) is 37.0. The first kappa shape index (κ1) is 37.1. The molecule has 0 aliphatic heterocycles.